The second-order valence-corrected chi connectivity index (χ2v) is 12.9. The summed E-state index contributed by atoms with van der Waals surface area (Å²) in [6.07, 6.45) is 42.4. The number of carbonyl (C=O) groups excluding carboxylic acids is 1. The Morgan fingerprint density at radius 2 is 1.02 bits per heavy atom. The number of amides is 1. The Labute approximate surface area is 289 Å². The zero-order valence-electron chi connectivity index (χ0n) is 30.3. The van der Waals surface area contributed by atoms with Crippen LogP contribution in [0.25, 0.3) is 0 Å². The standard InChI is InChI=1S/C41H73NO5/c1-3-5-7-9-11-13-15-17-18-19-20-21-23-25-27-29-31-33-35-39(45)41(47)42-37(36-43)40(46)38(44)34-32-30-28-26-24-22-16-14-12-10-8-6-4-2/h6,8,11,13-17,26,28,37-40,43-46H,3-5,7,9-10,12,18-25,27,29-36H2,1-2H3,(H,42,47)/b8-6+,13-11-,16-14+,17-15-,28-26+. The lowest BCUT2D eigenvalue weighted by Gasteiger charge is -2.27. The van der Waals surface area contributed by atoms with Crippen LogP contribution in [0.2, 0.25) is 0 Å². The maximum Gasteiger partial charge on any atom is 0.249 e. The Morgan fingerprint density at radius 1 is 0.553 bits per heavy atom. The molecular weight excluding hydrogens is 586 g/mol. The van der Waals surface area contributed by atoms with Gasteiger partial charge in [-0.3, -0.25) is 4.79 Å². The number of carbonyl (C=O) groups is 1. The molecule has 6 nitrogen and oxygen atoms in total. The molecule has 0 aliphatic carbocycles. The summed E-state index contributed by atoms with van der Waals surface area (Å²) in [5, 5.41) is 43.4. The Bertz CT molecular complexity index is 834. The quantitative estimate of drug-likeness (QED) is 0.0274. The third-order valence-corrected chi connectivity index (χ3v) is 8.45. The maximum atomic E-state index is 12.4. The molecule has 0 aromatic carbocycles. The van der Waals surface area contributed by atoms with Gasteiger partial charge in [-0.2, -0.15) is 0 Å². The molecule has 4 atom stereocenters. The molecule has 1 amide bonds. The van der Waals surface area contributed by atoms with E-state index < -0.39 is 36.9 Å². The summed E-state index contributed by atoms with van der Waals surface area (Å²) in [6.45, 7) is 3.87. The third-order valence-electron chi connectivity index (χ3n) is 8.45. The summed E-state index contributed by atoms with van der Waals surface area (Å²) in [7, 11) is 0. The van der Waals surface area contributed by atoms with E-state index in [2.05, 4.69) is 79.9 Å². The highest BCUT2D eigenvalue weighted by atomic mass is 16.3. The molecule has 4 unspecified atom stereocenters. The van der Waals surface area contributed by atoms with Gasteiger partial charge in [0.2, 0.25) is 5.91 Å². The van der Waals surface area contributed by atoms with Gasteiger partial charge in [-0.1, -0.05) is 139 Å². The SMILES string of the molecule is CC/C=C/CC/C=C/CC/C=C/CCCC(O)C(O)C(CO)NC(=O)C(O)CCCCCCCCCCC/C=C\C=C/CCCCC. The minimum Gasteiger partial charge on any atom is -0.394 e. The molecule has 0 bridgehead atoms. The molecule has 0 aromatic rings. The van der Waals surface area contributed by atoms with Crippen molar-refractivity contribution >= 4 is 5.91 Å². The van der Waals surface area contributed by atoms with E-state index >= 15 is 0 Å². The van der Waals surface area contributed by atoms with Crippen LogP contribution in [0.1, 0.15) is 162 Å². The van der Waals surface area contributed by atoms with Crippen molar-refractivity contribution in [3.8, 4) is 0 Å². The molecule has 0 spiro atoms. The average molecular weight is 660 g/mol. The Morgan fingerprint density at radius 3 is 1.55 bits per heavy atom. The first-order chi connectivity index (χ1) is 23.0. The van der Waals surface area contributed by atoms with Gasteiger partial charge in [0, 0.05) is 0 Å². The van der Waals surface area contributed by atoms with Crippen molar-refractivity contribution < 1.29 is 25.2 Å². The number of nitrogens with one attached hydrogen (secondary N) is 1. The topological polar surface area (TPSA) is 110 Å². The van der Waals surface area contributed by atoms with Crippen LogP contribution >= 0.6 is 0 Å². The smallest absolute Gasteiger partial charge is 0.249 e. The predicted molar refractivity (Wildman–Crippen MR) is 200 cm³/mol. The summed E-state index contributed by atoms with van der Waals surface area (Å²) in [5.41, 5.74) is 0. The van der Waals surface area contributed by atoms with Crippen LogP contribution in [-0.4, -0.2) is 57.3 Å². The third kappa shape index (κ3) is 29.9. The van der Waals surface area contributed by atoms with Gasteiger partial charge in [-0.15, -0.1) is 0 Å². The molecule has 0 saturated heterocycles. The lowest BCUT2D eigenvalue weighted by Crippen LogP contribution is -2.53. The zero-order chi connectivity index (χ0) is 34.6. The minimum atomic E-state index is -1.30. The van der Waals surface area contributed by atoms with E-state index in [0.717, 1.165) is 64.2 Å². The number of hydrogen-bond acceptors (Lipinski definition) is 5. The van der Waals surface area contributed by atoms with Gasteiger partial charge in [-0.05, 0) is 83.5 Å². The fourth-order valence-corrected chi connectivity index (χ4v) is 5.37. The summed E-state index contributed by atoms with van der Waals surface area (Å²) in [4.78, 5) is 12.4. The highest BCUT2D eigenvalue weighted by molar-refractivity contribution is 5.80. The molecule has 0 saturated carbocycles. The first-order valence-electron chi connectivity index (χ1n) is 19.2. The normalized spacial score (nSPS) is 15.1. The molecule has 0 fully saturated rings. The van der Waals surface area contributed by atoms with E-state index in [4.69, 9.17) is 0 Å². The van der Waals surface area contributed by atoms with Crippen molar-refractivity contribution in [3.05, 3.63) is 60.8 Å². The van der Waals surface area contributed by atoms with E-state index in [9.17, 15) is 25.2 Å². The Hall–Kier alpha value is -1.99. The summed E-state index contributed by atoms with van der Waals surface area (Å²) >= 11 is 0. The summed E-state index contributed by atoms with van der Waals surface area (Å²) in [5.74, 6) is -0.609. The molecule has 0 aliphatic rings. The number of hydrogen-bond donors (Lipinski definition) is 5. The molecule has 0 rings (SSSR count). The Balaban J connectivity index is 3.88. The van der Waals surface area contributed by atoms with E-state index in [1.165, 1.54) is 64.2 Å². The van der Waals surface area contributed by atoms with E-state index in [0.29, 0.717) is 19.3 Å². The van der Waals surface area contributed by atoms with Crippen molar-refractivity contribution in [1.29, 1.82) is 0 Å². The fraction of sp³-hybridized carbons (Fsp3) is 0.732. The first-order valence-corrected chi connectivity index (χ1v) is 19.2. The van der Waals surface area contributed by atoms with Crippen LogP contribution in [0.15, 0.2) is 60.8 Å². The minimum absolute atomic E-state index is 0.350. The van der Waals surface area contributed by atoms with Gasteiger partial charge in [0.05, 0.1) is 18.8 Å². The van der Waals surface area contributed by atoms with E-state index in [1.807, 2.05) is 0 Å². The van der Waals surface area contributed by atoms with Crippen molar-refractivity contribution in [2.24, 2.45) is 0 Å². The number of unbranched alkanes of at least 4 members (excludes halogenated alkanes) is 15. The summed E-state index contributed by atoms with van der Waals surface area (Å²) in [6, 6.07) is -1.01. The van der Waals surface area contributed by atoms with Gasteiger partial charge in [-0.25, -0.2) is 0 Å². The van der Waals surface area contributed by atoms with Crippen LogP contribution in [0, 0.1) is 0 Å². The monoisotopic (exact) mass is 660 g/mol. The van der Waals surface area contributed by atoms with Gasteiger partial charge in [0.25, 0.3) is 0 Å². The van der Waals surface area contributed by atoms with Crippen LogP contribution in [0.3, 0.4) is 0 Å². The molecule has 0 heterocycles. The molecule has 0 radical (unpaired) electrons. The van der Waals surface area contributed by atoms with Crippen LogP contribution in [-0.2, 0) is 4.79 Å². The molecule has 0 aromatic heterocycles. The van der Waals surface area contributed by atoms with Crippen molar-refractivity contribution in [3.63, 3.8) is 0 Å². The van der Waals surface area contributed by atoms with Gasteiger partial charge in [0.1, 0.15) is 12.2 Å². The largest absolute Gasteiger partial charge is 0.394 e. The molecule has 6 heteroatoms. The van der Waals surface area contributed by atoms with E-state index in [-0.39, 0.29) is 0 Å². The van der Waals surface area contributed by atoms with E-state index in [1.54, 1.807) is 0 Å². The number of rotatable bonds is 33. The second kappa shape index (κ2) is 35.3. The number of aliphatic hydroxyl groups excluding tert-OH is 4. The van der Waals surface area contributed by atoms with Gasteiger partial charge in [0.15, 0.2) is 0 Å². The second-order valence-electron chi connectivity index (χ2n) is 12.9. The maximum absolute atomic E-state index is 12.4. The van der Waals surface area contributed by atoms with Gasteiger partial charge >= 0.3 is 0 Å². The number of allylic oxidation sites excluding steroid dienone is 10. The molecule has 272 valence electrons. The zero-order valence-corrected chi connectivity index (χ0v) is 30.3. The van der Waals surface area contributed by atoms with Crippen molar-refractivity contribution in [2.75, 3.05) is 6.61 Å². The molecular formula is C41H73NO5. The van der Waals surface area contributed by atoms with Crippen LogP contribution in [0.4, 0.5) is 0 Å². The predicted octanol–water partition coefficient (Wildman–Crippen LogP) is 9.34. The lowest BCUT2D eigenvalue weighted by molar-refractivity contribution is -0.132. The summed E-state index contributed by atoms with van der Waals surface area (Å²) < 4.78 is 0. The highest BCUT2D eigenvalue weighted by Gasteiger charge is 2.28. The first kappa shape index (κ1) is 45.0. The average Bonchev–Trinajstić information content (AvgIpc) is 3.07. The van der Waals surface area contributed by atoms with Crippen molar-refractivity contribution in [2.45, 2.75) is 186 Å². The fourth-order valence-electron chi connectivity index (χ4n) is 5.37. The number of aliphatic hydroxyl groups is 4. The van der Waals surface area contributed by atoms with Gasteiger partial charge < -0.3 is 25.7 Å². The van der Waals surface area contributed by atoms with Crippen LogP contribution in [0.5, 0.6) is 0 Å². The highest BCUT2D eigenvalue weighted by Crippen LogP contribution is 2.14. The van der Waals surface area contributed by atoms with Crippen LogP contribution < -0.4 is 5.32 Å². The molecule has 0 aliphatic heterocycles. The lowest BCUT2D eigenvalue weighted by atomic mass is 10.00. The Kier molecular flexibility index (Phi) is 33.8. The van der Waals surface area contributed by atoms with Crippen molar-refractivity contribution in [1.82, 2.24) is 5.32 Å². The molecule has 47 heavy (non-hydrogen) atoms. The molecule has 5 N–H and O–H groups in total.